The molecule has 1 aromatic heterocycles. The van der Waals surface area contributed by atoms with Gasteiger partial charge in [-0.25, -0.2) is 14.8 Å². The van der Waals surface area contributed by atoms with Crippen LogP contribution < -0.4 is 5.32 Å². The fourth-order valence-corrected chi connectivity index (χ4v) is 2.13. The zero-order valence-electron chi connectivity index (χ0n) is 14.1. The van der Waals surface area contributed by atoms with E-state index in [0.717, 1.165) is 17.7 Å². The molecule has 5 nitrogen and oxygen atoms in total. The van der Waals surface area contributed by atoms with Crippen LogP contribution in [0.5, 0.6) is 0 Å². The molecule has 0 atom stereocenters. The number of carbonyl (C=O) groups excluding carboxylic acids is 1. The summed E-state index contributed by atoms with van der Waals surface area (Å²) >= 11 is 0. The van der Waals surface area contributed by atoms with Gasteiger partial charge in [0.2, 0.25) is 0 Å². The molecule has 0 saturated heterocycles. The van der Waals surface area contributed by atoms with E-state index in [1.54, 1.807) is 0 Å². The molecule has 0 aliphatic heterocycles. The lowest BCUT2D eigenvalue weighted by molar-refractivity contribution is 0.0522. The summed E-state index contributed by atoms with van der Waals surface area (Å²) < 4.78 is 5.25. The second kappa shape index (κ2) is 7.22. The number of amides is 1. The number of hydrogen-bond donors (Lipinski definition) is 1. The van der Waals surface area contributed by atoms with Crippen LogP contribution in [0.15, 0.2) is 36.5 Å². The van der Waals surface area contributed by atoms with Gasteiger partial charge in [0.05, 0.1) is 12.2 Å². The fraction of sp³-hybridized carbons (Fsp3) is 0.389. The van der Waals surface area contributed by atoms with Gasteiger partial charge in [-0.2, -0.15) is 0 Å². The third kappa shape index (κ3) is 5.70. The van der Waals surface area contributed by atoms with E-state index in [2.05, 4.69) is 27.4 Å². The molecule has 23 heavy (non-hydrogen) atoms. The van der Waals surface area contributed by atoms with Crippen LogP contribution >= 0.6 is 0 Å². The first kappa shape index (κ1) is 16.9. The third-order valence-corrected chi connectivity index (χ3v) is 3.11. The highest BCUT2D eigenvalue weighted by molar-refractivity contribution is 5.67. The molecule has 5 heteroatoms. The molecule has 0 radical (unpaired) electrons. The van der Waals surface area contributed by atoms with Gasteiger partial charge in [-0.1, -0.05) is 30.3 Å². The van der Waals surface area contributed by atoms with Crippen LogP contribution in [-0.4, -0.2) is 21.7 Å². The fourth-order valence-electron chi connectivity index (χ4n) is 2.13. The average molecular weight is 313 g/mol. The minimum absolute atomic E-state index is 0.320. The van der Waals surface area contributed by atoms with Crippen LogP contribution in [0.25, 0.3) is 0 Å². The van der Waals surface area contributed by atoms with Crippen molar-refractivity contribution in [2.45, 2.75) is 46.3 Å². The molecule has 0 unspecified atom stereocenters. The molecule has 0 aliphatic carbocycles. The van der Waals surface area contributed by atoms with Crippen LogP contribution in [0.3, 0.4) is 0 Å². The van der Waals surface area contributed by atoms with E-state index in [1.807, 2.05) is 52.1 Å². The number of nitrogens with one attached hydrogen (secondary N) is 1. The van der Waals surface area contributed by atoms with Crippen LogP contribution in [0.2, 0.25) is 0 Å². The number of alkyl carbamates (subject to hydrolysis) is 1. The summed E-state index contributed by atoms with van der Waals surface area (Å²) in [5.41, 5.74) is 2.47. The molecule has 0 saturated carbocycles. The van der Waals surface area contributed by atoms with Crippen molar-refractivity contribution in [3.8, 4) is 0 Å². The third-order valence-electron chi connectivity index (χ3n) is 3.11. The summed E-state index contributed by atoms with van der Waals surface area (Å²) in [4.78, 5) is 20.5. The highest BCUT2D eigenvalue weighted by Crippen LogP contribution is 2.13. The van der Waals surface area contributed by atoms with E-state index in [-0.39, 0.29) is 0 Å². The van der Waals surface area contributed by atoms with Crippen molar-refractivity contribution < 1.29 is 9.53 Å². The molecule has 2 rings (SSSR count). The van der Waals surface area contributed by atoms with Crippen molar-refractivity contribution in [3.63, 3.8) is 0 Å². The SMILES string of the molecule is Cc1ncc(Cc2ccccc2)c(CNC(=O)OC(C)(C)C)n1. The Bertz CT molecular complexity index is 664. The van der Waals surface area contributed by atoms with Crippen molar-refractivity contribution in [2.24, 2.45) is 0 Å². The number of hydrogen-bond acceptors (Lipinski definition) is 4. The normalized spacial score (nSPS) is 11.1. The second-order valence-corrected chi connectivity index (χ2v) is 6.41. The number of rotatable bonds is 4. The first-order valence-corrected chi connectivity index (χ1v) is 7.65. The predicted molar refractivity (Wildman–Crippen MR) is 89.1 cm³/mol. The maximum Gasteiger partial charge on any atom is 0.407 e. The van der Waals surface area contributed by atoms with Crippen molar-refractivity contribution in [1.29, 1.82) is 0 Å². The lowest BCUT2D eigenvalue weighted by atomic mass is 10.0. The van der Waals surface area contributed by atoms with Gasteiger partial charge in [0, 0.05) is 12.6 Å². The van der Waals surface area contributed by atoms with E-state index >= 15 is 0 Å². The van der Waals surface area contributed by atoms with Crippen LogP contribution in [-0.2, 0) is 17.7 Å². The van der Waals surface area contributed by atoms with Gasteiger partial charge in [-0.05, 0) is 38.8 Å². The Balaban J connectivity index is 2.08. The maximum atomic E-state index is 11.8. The Hall–Kier alpha value is -2.43. The zero-order chi connectivity index (χ0) is 16.9. The number of carbonyl (C=O) groups is 1. The molecule has 0 aliphatic rings. The quantitative estimate of drug-likeness (QED) is 0.939. The molecule has 0 bridgehead atoms. The molecule has 1 aromatic carbocycles. The maximum absolute atomic E-state index is 11.8. The van der Waals surface area contributed by atoms with Gasteiger partial charge < -0.3 is 10.1 Å². The van der Waals surface area contributed by atoms with Gasteiger partial charge >= 0.3 is 6.09 Å². The smallest absolute Gasteiger partial charge is 0.407 e. The summed E-state index contributed by atoms with van der Waals surface area (Å²) in [6.07, 6.45) is 2.10. The van der Waals surface area contributed by atoms with Crippen LogP contribution in [0.1, 0.15) is 43.4 Å². The van der Waals surface area contributed by atoms with Crippen molar-refractivity contribution in [2.75, 3.05) is 0 Å². The van der Waals surface area contributed by atoms with E-state index in [9.17, 15) is 4.79 Å². The highest BCUT2D eigenvalue weighted by Gasteiger charge is 2.16. The Morgan fingerprint density at radius 3 is 2.57 bits per heavy atom. The number of aryl methyl sites for hydroxylation is 1. The van der Waals surface area contributed by atoms with E-state index in [0.29, 0.717) is 12.4 Å². The molecule has 0 spiro atoms. The van der Waals surface area contributed by atoms with Crippen LogP contribution in [0, 0.1) is 6.92 Å². The molecule has 122 valence electrons. The highest BCUT2D eigenvalue weighted by atomic mass is 16.6. The summed E-state index contributed by atoms with van der Waals surface area (Å²) in [6.45, 7) is 7.66. The summed E-state index contributed by atoms with van der Waals surface area (Å²) in [6, 6.07) is 10.1. The predicted octanol–water partition coefficient (Wildman–Crippen LogP) is 3.40. The minimum atomic E-state index is -0.515. The van der Waals surface area contributed by atoms with Crippen molar-refractivity contribution >= 4 is 6.09 Å². The summed E-state index contributed by atoms with van der Waals surface area (Å²) in [7, 11) is 0. The first-order chi connectivity index (χ1) is 10.8. The Labute approximate surface area is 137 Å². The topological polar surface area (TPSA) is 64.1 Å². The number of ether oxygens (including phenoxy) is 1. The summed E-state index contributed by atoms with van der Waals surface area (Å²) in [5, 5.41) is 2.76. The van der Waals surface area contributed by atoms with E-state index in [1.165, 1.54) is 5.56 Å². The van der Waals surface area contributed by atoms with Crippen LogP contribution in [0.4, 0.5) is 4.79 Å². The molecule has 1 heterocycles. The minimum Gasteiger partial charge on any atom is -0.444 e. The Kier molecular flexibility index (Phi) is 5.32. The number of nitrogens with zero attached hydrogens (tertiary/aromatic N) is 2. The second-order valence-electron chi connectivity index (χ2n) is 6.41. The number of aromatic nitrogens is 2. The Morgan fingerprint density at radius 1 is 1.22 bits per heavy atom. The van der Waals surface area contributed by atoms with Crippen molar-refractivity contribution in [3.05, 3.63) is 59.2 Å². The van der Waals surface area contributed by atoms with Gasteiger partial charge in [0.25, 0.3) is 0 Å². The van der Waals surface area contributed by atoms with Gasteiger partial charge in [0.15, 0.2) is 0 Å². The number of benzene rings is 1. The first-order valence-electron chi connectivity index (χ1n) is 7.65. The Morgan fingerprint density at radius 2 is 1.91 bits per heavy atom. The lowest BCUT2D eigenvalue weighted by Gasteiger charge is -2.20. The zero-order valence-corrected chi connectivity index (χ0v) is 14.1. The molecular weight excluding hydrogens is 290 g/mol. The molecule has 1 amide bonds. The average Bonchev–Trinajstić information content (AvgIpc) is 2.47. The molecule has 0 fully saturated rings. The van der Waals surface area contributed by atoms with E-state index < -0.39 is 11.7 Å². The van der Waals surface area contributed by atoms with Gasteiger partial charge in [-0.3, -0.25) is 0 Å². The molecule has 2 aromatic rings. The molecular formula is C18H23N3O2. The standard InChI is InChI=1S/C18H23N3O2/c1-13-19-11-15(10-14-8-6-5-7-9-14)16(21-13)12-20-17(22)23-18(2,3)4/h5-9,11H,10,12H2,1-4H3,(H,20,22). The summed E-state index contributed by atoms with van der Waals surface area (Å²) in [5.74, 6) is 0.683. The van der Waals surface area contributed by atoms with Gasteiger partial charge in [-0.15, -0.1) is 0 Å². The van der Waals surface area contributed by atoms with E-state index in [4.69, 9.17) is 4.74 Å². The van der Waals surface area contributed by atoms with Gasteiger partial charge in [0.1, 0.15) is 11.4 Å². The largest absolute Gasteiger partial charge is 0.444 e. The lowest BCUT2D eigenvalue weighted by Crippen LogP contribution is -2.32. The van der Waals surface area contributed by atoms with Crippen molar-refractivity contribution in [1.82, 2.24) is 15.3 Å². The molecule has 1 N–H and O–H groups in total. The monoisotopic (exact) mass is 313 g/mol.